The van der Waals surface area contributed by atoms with E-state index >= 15 is 0 Å². The van der Waals surface area contributed by atoms with Gasteiger partial charge in [-0.15, -0.1) is 0 Å². The molecule has 1 rings (SSSR count). The van der Waals surface area contributed by atoms with Crippen molar-refractivity contribution in [2.24, 2.45) is 0 Å². The van der Waals surface area contributed by atoms with Crippen LogP contribution in [-0.2, 0) is 15.9 Å². The molecule has 0 fully saturated rings. The molecule has 0 bridgehead atoms. The number of nitrogens with one attached hydrogen (secondary N) is 1. The Bertz CT molecular complexity index is 340. The van der Waals surface area contributed by atoms with Crippen molar-refractivity contribution < 1.29 is 14.2 Å². The minimum Gasteiger partial charge on any atom is -0.491 e. The molecule has 0 aliphatic carbocycles. The van der Waals surface area contributed by atoms with Crippen molar-refractivity contribution in [2.45, 2.75) is 25.8 Å². The molecule has 0 heterocycles. The number of hydrogen-bond acceptors (Lipinski definition) is 4. The highest BCUT2D eigenvalue weighted by Gasteiger charge is 2.00. The molecular weight excluding hydrogens is 254 g/mol. The summed E-state index contributed by atoms with van der Waals surface area (Å²) >= 11 is 0. The maximum Gasteiger partial charge on any atom is 0.119 e. The zero-order valence-electron chi connectivity index (χ0n) is 12.9. The van der Waals surface area contributed by atoms with E-state index in [9.17, 15) is 0 Å². The van der Waals surface area contributed by atoms with E-state index in [1.807, 2.05) is 19.2 Å². The van der Waals surface area contributed by atoms with Crippen LogP contribution in [-0.4, -0.2) is 46.6 Å². The van der Waals surface area contributed by atoms with E-state index in [4.69, 9.17) is 14.2 Å². The highest BCUT2D eigenvalue weighted by Crippen LogP contribution is 2.13. The summed E-state index contributed by atoms with van der Waals surface area (Å²) in [7, 11) is 3.66. The van der Waals surface area contributed by atoms with Crippen LogP contribution in [0.2, 0.25) is 0 Å². The van der Waals surface area contributed by atoms with Crippen LogP contribution in [0.1, 0.15) is 18.9 Å². The van der Waals surface area contributed by atoms with E-state index in [-0.39, 0.29) is 0 Å². The van der Waals surface area contributed by atoms with Crippen molar-refractivity contribution in [3.05, 3.63) is 29.8 Å². The van der Waals surface area contributed by atoms with Gasteiger partial charge in [-0.2, -0.15) is 0 Å². The highest BCUT2D eigenvalue weighted by molar-refractivity contribution is 5.27. The van der Waals surface area contributed by atoms with E-state index in [2.05, 4.69) is 24.4 Å². The first-order valence-corrected chi connectivity index (χ1v) is 7.22. The Labute approximate surface area is 122 Å². The first-order chi connectivity index (χ1) is 9.76. The van der Waals surface area contributed by atoms with Crippen LogP contribution < -0.4 is 10.1 Å². The molecular formula is C16H27NO3. The van der Waals surface area contributed by atoms with Crippen LogP contribution in [0, 0.1) is 0 Å². The van der Waals surface area contributed by atoms with Gasteiger partial charge in [-0.25, -0.2) is 0 Å². The second-order valence-corrected chi connectivity index (χ2v) is 4.83. The molecule has 0 saturated heterocycles. The molecule has 4 heteroatoms. The number of aryl methyl sites for hydroxylation is 1. The van der Waals surface area contributed by atoms with Gasteiger partial charge in [-0.05, 0) is 44.5 Å². The Kier molecular flexibility index (Phi) is 9.04. The number of hydrogen-bond donors (Lipinski definition) is 1. The molecule has 4 nitrogen and oxygen atoms in total. The van der Waals surface area contributed by atoms with Gasteiger partial charge in [-0.3, -0.25) is 0 Å². The number of rotatable bonds is 11. The van der Waals surface area contributed by atoms with Gasteiger partial charge in [0.05, 0.1) is 19.8 Å². The summed E-state index contributed by atoms with van der Waals surface area (Å²) in [5.74, 6) is 0.894. The Morgan fingerprint density at radius 3 is 2.40 bits per heavy atom. The smallest absolute Gasteiger partial charge is 0.119 e. The lowest BCUT2D eigenvalue weighted by molar-refractivity contribution is 0.0544. The summed E-state index contributed by atoms with van der Waals surface area (Å²) < 4.78 is 15.8. The summed E-state index contributed by atoms with van der Waals surface area (Å²) in [6.07, 6.45) is 2.23. The van der Waals surface area contributed by atoms with Gasteiger partial charge in [0.25, 0.3) is 0 Å². The van der Waals surface area contributed by atoms with Gasteiger partial charge in [-0.1, -0.05) is 12.1 Å². The molecule has 0 amide bonds. The Balaban J connectivity index is 2.18. The fourth-order valence-corrected chi connectivity index (χ4v) is 1.74. The van der Waals surface area contributed by atoms with Crippen molar-refractivity contribution in [3.63, 3.8) is 0 Å². The summed E-state index contributed by atoms with van der Waals surface area (Å²) in [6, 6.07) is 8.85. The minimum atomic E-state index is 0.551. The molecule has 0 aliphatic heterocycles. The Hall–Kier alpha value is -1.10. The van der Waals surface area contributed by atoms with Gasteiger partial charge >= 0.3 is 0 Å². The van der Waals surface area contributed by atoms with Crippen molar-refractivity contribution in [1.29, 1.82) is 0 Å². The lowest BCUT2D eigenvalue weighted by Gasteiger charge is -2.10. The third kappa shape index (κ3) is 7.48. The van der Waals surface area contributed by atoms with E-state index < -0.39 is 0 Å². The molecule has 114 valence electrons. The zero-order valence-corrected chi connectivity index (χ0v) is 12.9. The van der Waals surface area contributed by atoms with Gasteiger partial charge in [0, 0.05) is 13.2 Å². The molecule has 0 saturated carbocycles. The van der Waals surface area contributed by atoms with E-state index in [0.717, 1.165) is 18.6 Å². The van der Waals surface area contributed by atoms with Crippen LogP contribution in [0.15, 0.2) is 24.3 Å². The summed E-state index contributed by atoms with van der Waals surface area (Å²) in [5, 5.41) is 3.25. The molecule has 1 aromatic rings. The number of ether oxygens (including phenoxy) is 3. The second-order valence-electron chi connectivity index (χ2n) is 4.83. The first kappa shape index (κ1) is 17.0. The summed E-state index contributed by atoms with van der Waals surface area (Å²) in [5.41, 5.74) is 1.34. The predicted octanol–water partition coefficient (Wildman–Crippen LogP) is 2.27. The molecule has 0 radical (unpaired) electrons. The third-order valence-corrected chi connectivity index (χ3v) is 3.21. The maximum absolute atomic E-state index is 5.61. The third-order valence-electron chi connectivity index (χ3n) is 3.21. The highest BCUT2D eigenvalue weighted by atomic mass is 16.5. The normalized spacial score (nSPS) is 12.3. The molecule has 0 aliphatic rings. The lowest BCUT2D eigenvalue weighted by atomic mass is 10.1. The van der Waals surface area contributed by atoms with Crippen LogP contribution >= 0.6 is 0 Å². The molecule has 1 unspecified atom stereocenters. The van der Waals surface area contributed by atoms with Crippen LogP contribution in [0.25, 0.3) is 0 Å². The minimum absolute atomic E-state index is 0.551. The average molecular weight is 281 g/mol. The molecule has 1 N–H and O–H groups in total. The van der Waals surface area contributed by atoms with Crippen molar-refractivity contribution >= 4 is 0 Å². The predicted molar refractivity (Wildman–Crippen MR) is 81.5 cm³/mol. The number of benzene rings is 1. The topological polar surface area (TPSA) is 39.7 Å². The molecule has 0 aromatic heterocycles. The zero-order chi connectivity index (χ0) is 14.6. The summed E-state index contributed by atoms with van der Waals surface area (Å²) in [4.78, 5) is 0. The van der Waals surface area contributed by atoms with Crippen LogP contribution in [0.5, 0.6) is 5.75 Å². The largest absolute Gasteiger partial charge is 0.491 e. The van der Waals surface area contributed by atoms with Gasteiger partial charge in [0.1, 0.15) is 12.4 Å². The number of methoxy groups -OCH3 is 1. The van der Waals surface area contributed by atoms with Crippen molar-refractivity contribution in [2.75, 3.05) is 40.6 Å². The molecule has 20 heavy (non-hydrogen) atoms. The fourth-order valence-electron chi connectivity index (χ4n) is 1.74. The Morgan fingerprint density at radius 2 is 1.75 bits per heavy atom. The van der Waals surface area contributed by atoms with Gasteiger partial charge < -0.3 is 19.5 Å². The second kappa shape index (κ2) is 10.7. The van der Waals surface area contributed by atoms with Gasteiger partial charge in [0.15, 0.2) is 0 Å². The quantitative estimate of drug-likeness (QED) is 0.632. The van der Waals surface area contributed by atoms with Crippen LogP contribution in [0.3, 0.4) is 0 Å². The SMILES string of the molecule is CNC(C)CCc1ccc(OCCOCCOC)cc1. The molecule has 0 spiro atoms. The van der Waals surface area contributed by atoms with E-state index in [1.165, 1.54) is 5.56 Å². The lowest BCUT2D eigenvalue weighted by Crippen LogP contribution is -2.21. The average Bonchev–Trinajstić information content (AvgIpc) is 2.49. The van der Waals surface area contributed by atoms with Crippen LogP contribution in [0.4, 0.5) is 0 Å². The van der Waals surface area contributed by atoms with Gasteiger partial charge in [0.2, 0.25) is 0 Å². The molecule has 1 atom stereocenters. The standard InChI is InChI=1S/C16H27NO3/c1-14(17-2)4-5-15-6-8-16(9-7-15)20-13-12-19-11-10-18-3/h6-9,14,17H,4-5,10-13H2,1-3H3. The maximum atomic E-state index is 5.61. The van der Waals surface area contributed by atoms with E-state index in [1.54, 1.807) is 7.11 Å². The fraction of sp³-hybridized carbons (Fsp3) is 0.625. The van der Waals surface area contributed by atoms with Crippen molar-refractivity contribution in [1.82, 2.24) is 5.32 Å². The molecule has 1 aromatic carbocycles. The van der Waals surface area contributed by atoms with Crippen molar-refractivity contribution in [3.8, 4) is 5.75 Å². The Morgan fingerprint density at radius 1 is 1.05 bits per heavy atom. The summed E-state index contributed by atoms with van der Waals surface area (Å²) in [6.45, 7) is 4.59. The first-order valence-electron chi connectivity index (χ1n) is 7.22. The monoisotopic (exact) mass is 281 g/mol. The van der Waals surface area contributed by atoms with E-state index in [0.29, 0.717) is 32.5 Å².